The number of aryl methyl sites for hydroxylation is 1. The highest BCUT2D eigenvalue weighted by atomic mass is 16.2. The molecular formula is C21H24N6O. The van der Waals surface area contributed by atoms with E-state index in [4.69, 9.17) is 5.26 Å². The van der Waals surface area contributed by atoms with Crippen LogP contribution in [-0.4, -0.2) is 45.4 Å². The fourth-order valence-electron chi connectivity index (χ4n) is 4.32. The molecule has 7 heteroatoms. The van der Waals surface area contributed by atoms with Gasteiger partial charge in [-0.3, -0.25) is 14.8 Å². The first-order chi connectivity index (χ1) is 13.6. The number of rotatable bonds is 3. The molecule has 28 heavy (non-hydrogen) atoms. The SMILES string of the molecule is Cc1cnc(CN2CC3(CCCN(c4ccc(C#N)cn4)C3)CCC2=O)cn1. The van der Waals surface area contributed by atoms with Crippen LogP contribution in [0.15, 0.2) is 30.7 Å². The van der Waals surface area contributed by atoms with Crippen LogP contribution in [0.25, 0.3) is 0 Å². The first kappa shape index (κ1) is 18.4. The third-order valence-corrected chi connectivity index (χ3v) is 5.80. The van der Waals surface area contributed by atoms with E-state index in [9.17, 15) is 4.79 Å². The Bertz CT molecular complexity index is 889. The minimum Gasteiger partial charge on any atom is -0.356 e. The van der Waals surface area contributed by atoms with Crippen LogP contribution in [0, 0.1) is 23.7 Å². The molecule has 0 aromatic carbocycles. The summed E-state index contributed by atoms with van der Waals surface area (Å²) in [7, 11) is 0. The van der Waals surface area contributed by atoms with Gasteiger partial charge in [0.15, 0.2) is 0 Å². The van der Waals surface area contributed by atoms with Crippen molar-refractivity contribution in [2.24, 2.45) is 5.41 Å². The molecule has 2 aliphatic rings. The number of piperidine rings is 2. The molecule has 0 N–H and O–H groups in total. The number of nitrogens with zero attached hydrogens (tertiary/aromatic N) is 6. The van der Waals surface area contributed by atoms with E-state index in [0.717, 1.165) is 56.1 Å². The number of aromatic nitrogens is 3. The number of anilines is 1. The zero-order valence-electron chi connectivity index (χ0n) is 16.1. The van der Waals surface area contributed by atoms with E-state index >= 15 is 0 Å². The average Bonchev–Trinajstić information content (AvgIpc) is 2.73. The van der Waals surface area contributed by atoms with E-state index < -0.39 is 0 Å². The Labute approximate surface area is 165 Å². The summed E-state index contributed by atoms with van der Waals surface area (Å²) in [5.74, 6) is 1.10. The van der Waals surface area contributed by atoms with Crippen molar-refractivity contribution in [3.63, 3.8) is 0 Å². The van der Waals surface area contributed by atoms with Gasteiger partial charge in [0.2, 0.25) is 5.91 Å². The van der Waals surface area contributed by atoms with Gasteiger partial charge in [-0.2, -0.15) is 5.26 Å². The van der Waals surface area contributed by atoms with Crippen molar-refractivity contribution in [1.82, 2.24) is 19.9 Å². The summed E-state index contributed by atoms with van der Waals surface area (Å²) in [4.78, 5) is 30.0. The van der Waals surface area contributed by atoms with Crippen LogP contribution < -0.4 is 4.90 Å². The zero-order chi connectivity index (χ0) is 19.6. The number of nitriles is 1. The van der Waals surface area contributed by atoms with E-state index in [1.807, 2.05) is 24.0 Å². The highest BCUT2D eigenvalue weighted by molar-refractivity contribution is 5.77. The molecule has 144 valence electrons. The second-order valence-electron chi connectivity index (χ2n) is 7.94. The maximum Gasteiger partial charge on any atom is 0.222 e. The van der Waals surface area contributed by atoms with Crippen LogP contribution in [0.2, 0.25) is 0 Å². The zero-order valence-corrected chi connectivity index (χ0v) is 16.1. The molecule has 0 saturated carbocycles. The fourth-order valence-corrected chi connectivity index (χ4v) is 4.32. The summed E-state index contributed by atoms with van der Waals surface area (Å²) < 4.78 is 0. The van der Waals surface area contributed by atoms with Gasteiger partial charge in [-0.05, 0) is 38.3 Å². The summed E-state index contributed by atoms with van der Waals surface area (Å²) >= 11 is 0. The van der Waals surface area contributed by atoms with Crippen LogP contribution in [0.3, 0.4) is 0 Å². The summed E-state index contributed by atoms with van der Waals surface area (Å²) in [6.07, 6.45) is 8.82. The normalized spacial score (nSPS) is 22.4. The maximum absolute atomic E-state index is 12.5. The van der Waals surface area contributed by atoms with E-state index in [1.54, 1.807) is 18.6 Å². The van der Waals surface area contributed by atoms with Gasteiger partial charge in [0.05, 0.1) is 29.7 Å². The molecule has 0 radical (unpaired) electrons. The molecule has 1 spiro atoms. The molecule has 1 amide bonds. The Hall–Kier alpha value is -3.01. The highest BCUT2D eigenvalue weighted by Crippen LogP contribution is 2.40. The second kappa shape index (κ2) is 7.55. The Morgan fingerprint density at radius 1 is 1.14 bits per heavy atom. The molecule has 0 aliphatic carbocycles. The van der Waals surface area contributed by atoms with Gasteiger partial charge < -0.3 is 9.80 Å². The summed E-state index contributed by atoms with van der Waals surface area (Å²) in [5.41, 5.74) is 2.37. The van der Waals surface area contributed by atoms with Crippen molar-refractivity contribution in [1.29, 1.82) is 5.26 Å². The summed E-state index contributed by atoms with van der Waals surface area (Å²) in [6, 6.07) is 5.85. The largest absolute Gasteiger partial charge is 0.356 e. The van der Waals surface area contributed by atoms with E-state index in [1.165, 1.54) is 0 Å². The molecule has 2 fully saturated rings. The van der Waals surface area contributed by atoms with E-state index in [2.05, 4.69) is 25.9 Å². The lowest BCUT2D eigenvalue weighted by Crippen LogP contribution is -2.54. The molecule has 0 bridgehead atoms. The molecule has 2 saturated heterocycles. The van der Waals surface area contributed by atoms with E-state index in [0.29, 0.717) is 18.5 Å². The van der Waals surface area contributed by atoms with Crippen LogP contribution in [0.5, 0.6) is 0 Å². The minimum absolute atomic E-state index is 0.0832. The lowest BCUT2D eigenvalue weighted by Gasteiger charge is -2.48. The Kier molecular flexibility index (Phi) is 4.95. The number of hydrogen-bond donors (Lipinski definition) is 0. The Morgan fingerprint density at radius 2 is 2.04 bits per heavy atom. The van der Waals surface area contributed by atoms with Crippen molar-refractivity contribution >= 4 is 11.7 Å². The second-order valence-corrected chi connectivity index (χ2v) is 7.94. The molecule has 1 atom stereocenters. The lowest BCUT2D eigenvalue weighted by molar-refractivity contribution is -0.138. The third kappa shape index (κ3) is 3.81. The number of pyridine rings is 1. The molecule has 2 aromatic heterocycles. The maximum atomic E-state index is 12.5. The predicted octanol–water partition coefficient (Wildman–Crippen LogP) is 2.46. The van der Waals surface area contributed by atoms with Crippen molar-refractivity contribution in [3.8, 4) is 6.07 Å². The number of likely N-dealkylation sites (tertiary alicyclic amines) is 1. The van der Waals surface area contributed by atoms with Gasteiger partial charge in [-0.15, -0.1) is 0 Å². The van der Waals surface area contributed by atoms with Gasteiger partial charge in [0.25, 0.3) is 0 Å². The highest BCUT2D eigenvalue weighted by Gasteiger charge is 2.42. The molecule has 2 aliphatic heterocycles. The smallest absolute Gasteiger partial charge is 0.222 e. The van der Waals surface area contributed by atoms with Gasteiger partial charge in [0, 0.05) is 43.9 Å². The number of amides is 1. The molecule has 2 aromatic rings. The monoisotopic (exact) mass is 376 g/mol. The standard InChI is InChI=1S/C21H24N6O/c1-16-10-24-18(12-23-16)13-27-15-21(7-5-20(27)28)6-2-8-26(14-21)19-4-3-17(9-22)11-25-19/h3-4,10-12H,2,5-8,13-15H2,1H3. The topological polar surface area (TPSA) is 86.0 Å². The van der Waals surface area contributed by atoms with Crippen LogP contribution in [0.1, 0.15) is 42.6 Å². The van der Waals surface area contributed by atoms with Crippen molar-refractivity contribution in [2.75, 3.05) is 24.5 Å². The summed E-state index contributed by atoms with van der Waals surface area (Å²) in [6.45, 7) is 5.01. The molecule has 4 heterocycles. The minimum atomic E-state index is 0.0832. The van der Waals surface area contributed by atoms with Crippen LogP contribution in [-0.2, 0) is 11.3 Å². The first-order valence-corrected chi connectivity index (χ1v) is 9.73. The molecular weight excluding hydrogens is 352 g/mol. The quantitative estimate of drug-likeness (QED) is 0.818. The first-order valence-electron chi connectivity index (χ1n) is 9.73. The summed E-state index contributed by atoms with van der Waals surface area (Å²) in [5, 5.41) is 8.98. The fraction of sp³-hybridized carbons (Fsp3) is 0.476. The van der Waals surface area contributed by atoms with E-state index in [-0.39, 0.29) is 11.3 Å². The molecule has 7 nitrogen and oxygen atoms in total. The van der Waals surface area contributed by atoms with Crippen LogP contribution in [0.4, 0.5) is 5.82 Å². The van der Waals surface area contributed by atoms with Gasteiger partial charge in [-0.25, -0.2) is 4.98 Å². The van der Waals surface area contributed by atoms with Gasteiger partial charge in [0.1, 0.15) is 11.9 Å². The van der Waals surface area contributed by atoms with Gasteiger partial charge in [-0.1, -0.05) is 0 Å². The number of hydrogen-bond acceptors (Lipinski definition) is 6. The van der Waals surface area contributed by atoms with Crippen molar-refractivity contribution < 1.29 is 4.79 Å². The lowest BCUT2D eigenvalue weighted by atomic mass is 9.73. The van der Waals surface area contributed by atoms with Crippen LogP contribution >= 0.6 is 0 Å². The Morgan fingerprint density at radius 3 is 2.75 bits per heavy atom. The Balaban J connectivity index is 1.49. The third-order valence-electron chi connectivity index (χ3n) is 5.80. The van der Waals surface area contributed by atoms with Gasteiger partial charge >= 0.3 is 0 Å². The average molecular weight is 376 g/mol. The predicted molar refractivity (Wildman–Crippen MR) is 104 cm³/mol. The molecule has 4 rings (SSSR count). The van der Waals surface area contributed by atoms with Crippen molar-refractivity contribution in [3.05, 3.63) is 47.7 Å². The number of carbonyl (C=O) groups is 1. The van der Waals surface area contributed by atoms with Crippen molar-refractivity contribution in [2.45, 2.75) is 39.2 Å². The molecule has 1 unspecified atom stereocenters. The number of carbonyl (C=O) groups excluding carboxylic acids is 1.